The van der Waals surface area contributed by atoms with Crippen molar-refractivity contribution in [3.05, 3.63) is 49.6 Å². The Hall–Kier alpha value is -2.78. The van der Waals surface area contributed by atoms with Crippen molar-refractivity contribution in [1.82, 2.24) is 4.90 Å². The van der Waals surface area contributed by atoms with E-state index >= 15 is 0 Å². The molecule has 43 heavy (non-hydrogen) atoms. The normalized spacial score (nSPS) is 28.1. The number of carbonyl (C=O) groups excluding carboxylic acids is 3. The summed E-state index contributed by atoms with van der Waals surface area (Å²) in [5.41, 5.74) is 1.80. The molecule has 0 radical (unpaired) electrons. The molecule has 2 amide bonds. The van der Waals surface area contributed by atoms with E-state index in [4.69, 9.17) is 4.74 Å². The third-order valence-corrected chi connectivity index (χ3v) is 11.7. The first kappa shape index (κ1) is 33.1. The lowest BCUT2D eigenvalue weighted by molar-refractivity contribution is -0.156. The Labute approximate surface area is 261 Å². The first-order chi connectivity index (χ1) is 20.5. The van der Waals surface area contributed by atoms with Crippen molar-refractivity contribution in [2.24, 2.45) is 17.8 Å². The Morgan fingerprint density at radius 2 is 1.79 bits per heavy atom. The number of likely N-dealkylation sites (tertiary alicyclic amines) is 1. The van der Waals surface area contributed by atoms with Crippen LogP contribution in [0.4, 0.5) is 11.4 Å². The molecule has 3 heterocycles. The van der Waals surface area contributed by atoms with Gasteiger partial charge in [0.1, 0.15) is 6.04 Å². The third kappa shape index (κ3) is 5.75. The molecule has 9 heteroatoms. The molecule has 2 unspecified atom stereocenters. The number of carbonyl (C=O) groups is 3. The van der Waals surface area contributed by atoms with E-state index in [0.717, 1.165) is 30.9 Å². The Bertz CT molecular complexity index is 1200. The van der Waals surface area contributed by atoms with E-state index < -0.39 is 33.4 Å². The van der Waals surface area contributed by atoms with Gasteiger partial charge in [-0.05, 0) is 76.6 Å². The maximum absolute atomic E-state index is 14.9. The quantitative estimate of drug-likeness (QED) is 0.169. The fourth-order valence-corrected chi connectivity index (χ4v) is 9.83. The van der Waals surface area contributed by atoms with Crippen LogP contribution >= 0.6 is 11.8 Å². The van der Waals surface area contributed by atoms with E-state index in [1.165, 1.54) is 0 Å². The minimum absolute atomic E-state index is 0.0947. The molecule has 3 fully saturated rings. The minimum atomic E-state index is -0.836. The zero-order valence-electron chi connectivity index (χ0n) is 26.5. The highest BCUT2D eigenvalue weighted by Crippen LogP contribution is 2.72. The van der Waals surface area contributed by atoms with Crippen LogP contribution in [0.3, 0.4) is 0 Å². The number of hydrogen-bond donors (Lipinski definition) is 1. The van der Waals surface area contributed by atoms with Crippen LogP contribution < -0.4 is 9.80 Å². The van der Waals surface area contributed by atoms with Crippen molar-refractivity contribution in [2.75, 3.05) is 42.6 Å². The molecule has 0 saturated carbocycles. The summed E-state index contributed by atoms with van der Waals surface area (Å²) in [6.45, 7) is 19.8. The number of aliphatic hydroxyl groups is 1. The van der Waals surface area contributed by atoms with Gasteiger partial charge in [0.15, 0.2) is 0 Å². The van der Waals surface area contributed by atoms with Crippen LogP contribution in [0.5, 0.6) is 0 Å². The predicted octanol–water partition coefficient (Wildman–Crippen LogP) is 5.06. The number of anilines is 2. The standard InChI is InChI=1S/C34H49N3O5S/c1-8-12-13-21-42-32(41)28-27-30(39)37(26(22-38)23(5)6)29(34(27)19-18-33(28,7)43-34)31(40)36(20-9-2)25-16-14-24(15-17-25)35(10-3)11-4/h8-9,14-17,23,26-29,38H,1-2,10-13,18-22H2,3-7H3/t26-,27-,28+,29?,33-,34?/m0/s1. The second kappa shape index (κ2) is 13.5. The van der Waals surface area contributed by atoms with Gasteiger partial charge in [0, 0.05) is 35.8 Å². The second-order valence-corrected chi connectivity index (χ2v) is 14.4. The van der Waals surface area contributed by atoms with Gasteiger partial charge in [-0.25, -0.2) is 0 Å². The molecule has 3 aliphatic rings. The number of allylic oxidation sites excluding steroid dienone is 1. The van der Waals surface area contributed by atoms with Crippen LogP contribution in [0.25, 0.3) is 0 Å². The van der Waals surface area contributed by atoms with Gasteiger partial charge in [0.25, 0.3) is 5.91 Å². The molecule has 3 aliphatic heterocycles. The molecule has 236 valence electrons. The fraction of sp³-hybridized carbons (Fsp3) is 0.618. The number of benzene rings is 1. The number of rotatable bonds is 15. The summed E-state index contributed by atoms with van der Waals surface area (Å²) in [6.07, 6.45) is 6.24. The van der Waals surface area contributed by atoms with Gasteiger partial charge in [0.05, 0.1) is 35.8 Å². The maximum Gasteiger partial charge on any atom is 0.311 e. The number of nitrogens with zero attached hydrogens (tertiary/aromatic N) is 3. The van der Waals surface area contributed by atoms with Crippen LogP contribution in [0.15, 0.2) is 49.6 Å². The van der Waals surface area contributed by atoms with Gasteiger partial charge >= 0.3 is 5.97 Å². The molecule has 8 nitrogen and oxygen atoms in total. The molecule has 6 atom stereocenters. The fourth-order valence-electron chi connectivity index (χ4n) is 7.50. The lowest BCUT2D eigenvalue weighted by Crippen LogP contribution is -2.58. The lowest BCUT2D eigenvalue weighted by atomic mass is 9.66. The number of ether oxygens (including phenoxy) is 1. The number of esters is 1. The Balaban J connectivity index is 1.77. The number of thioether (sulfide) groups is 1. The molecule has 1 spiro atoms. The number of amides is 2. The zero-order valence-corrected chi connectivity index (χ0v) is 27.3. The number of hydrogen-bond acceptors (Lipinski definition) is 7. The average molecular weight is 612 g/mol. The summed E-state index contributed by atoms with van der Waals surface area (Å²) in [6, 6.07) is 6.53. The number of aliphatic hydroxyl groups excluding tert-OH is 1. The van der Waals surface area contributed by atoms with Crippen molar-refractivity contribution >= 4 is 40.9 Å². The van der Waals surface area contributed by atoms with Gasteiger partial charge in [-0.15, -0.1) is 24.9 Å². The summed E-state index contributed by atoms with van der Waals surface area (Å²) >= 11 is 1.62. The Morgan fingerprint density at radius 1 is 1.14 bits per heavy atom. The summed E-state index contributed by atoms with van der Waals surface area (Å²) < 4.78 is 4.43. The molecule has 3 saturated heterocycles. The molecular formula is C34H49N3O5S. The minimum Gasteiger partial charge on any atom is -0.465 e. The highest BCUT2D eigenvalue weighted by Gasteiger charge is 2.78. The van der Waals surface area contributed by atoms with E-state index in [2.05, 4.69) is 31.9 Å². The molecule has 1 aromatic carbocycles. The maximum atomic E-state index is 14.9. The SMILES string of the molecule is C=CCCCOC(=O)[C@H]1[C@H]2C(=O)N([C@@H](CO)C(C)C)C(C(=O)N(CC=C)c3ccc(N(CC)CC)cc3)C23CC[C@]1(C)S3. The zero-order chi connectivity index (χ0) is 31.5. The van der Waals surface area contributed by atoms with E-state index in [0.29, 0.717) is 19.3 Å². The van der Waals surface area contributed by atoms with Crippen molar-refractivity contribution in [3.8, 4) is 0 Å². The molecule has 0 aromatic heterocycles. The average Bonchev–Trinajstić information content (AvgIpc) is 3.56. The van der Waals surface area contributed by atoms with Gasteiger partial charge in [-0.1, -0.05) is 26.0 Å². The topological polar surface area (TPSA) is 90.4 Å². The largest absolute Gasteiger partial charge is 0.465 e. The Morgan fingerprint density at radius 3 is 2.35 bits per heavy atom. The van der Waals surface area contributed by atoms with E-state index in [9.17, 15) is 19.5 Å². The summed E-state index contributed by atoms with van der Waals surface area (Å²) in [4.78, 5) is 48.6. The molecular weight excluding hydrogens is 562 g/mol. The lowest BCUT2D eigenvalue weighted by Gasteiger charge is -2.40. The monoisotopic (exact) mass is 611 g/mol. The van der Waals surface area contributed by atoms with Crippen molar-refractivity contribution < 1.29 is 24.2 Å². The van der Waals surface area contributed by atoms with Gasteiger partial charge in [0.2, 0.25) is 5.91 Å². The molecule has 1 N–H and O–H groups in total. The number of unbranched alkanes of at least 4 members (excludes halogenated alkanes) is 1. The van der Waals surface area contributed by atoms with Gasteiger partial charge < -0.3 is 24.5 Å². The molecule has 2 bridgehead atoms. The van der Waals surface area contributed by atoms with Crippen molar-refractivity contribution in [2.45, 2.75) is 81.9 Å². The summed E-state index contributed by atoms with van der Waals surface area (Å²) in [5.74, 6) is -2.25. The third-order valence-electron chi connectivity index (χ3n) is 9.68. The van der Waals surface area contributed by atoms with E-state index in [1.807, 2.05) is 45.0 Å². The smallest absolute Gasteiger partial charge is 0.311 e. The van der Waals surface area contributed by atoms with Crippen LogP contribution in [-0.4, -0.2) is 82.2 Å². The highest BCUT2D eigenvalue weighted by molar-refractivity contribution is 8.02. The summed E-state index contributed by atoms with van der Waals surface area (Å²) in [5, 5.41) is 10.5. The molecule has 1 aromatic rings. The van der Waals surface area contributed by atoms with Crippen LogP contribution in [0, 0.1) is 17.8 Å². The van der Waals surface area contributed by atoms with E-state index in [-0.39, 0.29) is 43.5 Å². The van der Waals surface area contributed by atoms with Crippen LogP contribution in [-0.2, 0) is 19.1 Å². The first-order valence-electron chi connectivity index (χ1n) is 15.7. The highest BCUT2D eigenvalue weighted by atomic mass is 32.2. The Kier molecular flexibility index (Phi) is 10.4. The van der Waals surface area contributed by atoms with Crippen molar-refractivity contribution in [1.29, 1.82) is 0 Å². The second-order valence-electron chi connectivity index (χ2n) is 12.5. The summed E-state index contributed by atoms with van der Waals surface area (Å²) in [7, 11) is 0. The molecule has 0 aliphatic carbocycles. The van der Waals surface area contributed by atoms with Gasteiger partial charge in [-0.2, -0.15) is 0 Å². The molecule has 4 rings (SSSR count). The first-order valence-corrected chi connectivity index (χ1v) is 16.5. The van der Waals surface area contributed by atoms with Crippen molar-refractivity contribution in [3.63, 3.8) is 0 Å². The van der Waals surface area contributed by atoms with E-state index in [1.54, 1.807) is 33.7 Å². The van der Waals surface area contributed by atoms with Crippen LogP contribution in [0.1, 0.15) is 60.3 Å². The predicted molar refractivity (Wildman–Crippen MR) is 174 cm³/mol. The van der Waals surface area contributed by atoms with Gasteiger partial charge in [-0.3, -0.25) is 14.4 Å². The number of fused-ring (bicyclic) bond motifs is 1. The van der Waals surface area contributed by atoms with Crippen LogP contribution in [0.2, 0.25) is 0 Å².